The molecule has 1 heterocycles. The van der Waals surface area contributed by atoms with Gasteiger partial charge in [0.2, 0.25) is 0 Å². The molecule has 0 aliphatic heterocycles. The summed E-state index contributed by atoms with van der Waals surface area (Å²) >= 11 is 1.72. The van der Waals surface area contributed by atoms with Crippen LogP contribution >= 0.6 is 11.3 Å². The lowest BCUT2D eigenvalue weighted by atomic mass is 9.91. The monoisotopic (exact) mass is 281 g/mol. The molecule has 2 aromatic rings. The molecule has 0 spiro atoms. The zero-order valence-electron chi connectivity index (χ0n) is 11.0. The highest BCUT2D eigenvalue weighted by molar-refractivity contribution is 7.10. The van der Waals surface area contributed by atoms with E-state index in [1.54, 1.807) is 11.3 Å². The summed E-state index contributed by atoms with van der Waals surface area (Å²) < 4.78 is 26.1. The fraction of sp³-hybridized carbons (Fsp3) is 0.333. The molecular formula is C15H17F2NS. The summed E-state index contributed by atoms with van der Waals surface area (Å²) in [7, 11) is 0. The van der Waals surface area contributed by atoms with E-state index in [-0.39, 0.29) is 5.41 Å². The van der Waals surface area contributed by atoms with Gasteiger partial charge in [0.1, 0.15) is 11.6 Å². The van der Waals surface area contributed by atoms with Gasteiger partial charge < -0.3 is 5.32 Å². The highest BCUT2D eigenvalue weighted by Crippen LogP contribution is 2.26. The van der Waals surface area contributed by atoms with Crippen molar-refractivity contribution in [3.8, 4) is 0 Å². The number of rotatable bonds is 5. The minimum absolute atomic E-state index is 0.0139. The van der Waals surface area contributed by atoms with Crippen molar-refractivity contribution in [1.82, 2.24) is 5.32 Å². The van der Waals surface area contributed by atoms with Crippen LogP contribution in [0.2, 0.25) is 0 Å². The van der Waals surface area contributed by atoms with Crippen LogP contribution in [0, 0.1) is 11.6 Å². The van der Waals surface area contributed by atoms with E-state index in [0.717, 1.165) is 12.6 Å². The Morgan fingerprint density at radius 1 is 1.16 bits per heavy atom. The van der Waals surface area contributed by atoms with Gasteiger partial charge in [0.15, 0.2) is 0 Å². The second-order valence-corrected chi connectivity index (χ2v) is 6.19. The third-order valence-electron chi connectivity index (χ3n) is 3.01. The molecule has 0 saturated carbocycles. The number of halogens is 2. The molecule has 102 valence electrons. The summed E-state index contributed by atoms with van der Waals surface area (Å²) in [5.41, 5.74) is 0.638. The number of hydrogen-bond donors (Lipinski definition) is 1. The summed E-state index contributed by atoms with van der Waals surface area (Å²) in [6, 6.07) is 7.74. The van der Waals surface area contributed by atoms with Crippen molar-refractivity contribution in [2.45, 2.75) is 25.8 Å². The maximum Gasteiger partial charge on any atom is 0.126 e. The van der Waals surface area contributed by atoms with Crippen molar-refractivity contribution < 1.29 is 8.78 Å². The Kier molecular flexibility index (Phi) is 4.32. The summed E-state index contributed by atoms with van der Waals surface area (Å²) in [6.45, 7) is 5.52. The molecule has 0 saturated heterocycles. The maximum atomic E-state index is 13.0. The molecule has 0 aliphatic carbocycles. The highest BCUT2D eigenvalue weighted by atomic mass is 32.1. The first-order valence-electron chi connectivity index (χ1n) is 6.17. The summed E-state index contributed by atoms with van der Waals surface area (Å²) in [5.74, 6) is -1.07. The van der Waals surface area contributed by atoms with Crippen molar-refractivity contribution in [2.24, 2.45) is 0 Å². The van der Waals surface area contributed by atoms with Gasteiger partial charge in [-0.15, -0.1) is 11.3 Å². The minimum Gasteiger partial charge on any atom is -0.312 e. The Bertz CT molecular complexity index is 515. The van der Waals surface area contributed by atoms with E-state index >= 15 is 0 Å². The lowest BCUT2D eigenvalue weighted by Gasteiger charge is -2.23. The van der Waals surface area contributed by atoms with Gasteiger partial charge in [-0.1, -0.05) is 19.9 Å². The molecular weight excluding hydrogens is 264 g/mol. The quantitative estimate of drug-likeness (QED) is 0.870. The van der Waals surface area contributed by atoms with E-state index in [0.29, 0.717) is 12.1 Å². The van der Waals surface area contributed by atoms with E-state index < -0.39 is 11.6 Å². The fourth-order valence-corrected chi connectivity index (χ4v) is 2.84. The van der Waals surface area contributed by atoms with Crippen LogP contribution in [0.1, 0.15) is 24.3 Å². The van der Waals surface area contributed by atoms with Crippen LogP contribution in [-0.2, 0) is 12.0 Å². The smallest absolute Gasteiger partial charge is 0.126 e. The molecule has 1 aromatic heterocycles. The third kappa shape index (κ3) is 3.85. The van der Waals surface area contributed by atoms with Crippen LogP contribution in [0.25, 0.3) is 0 Å². The third-order valence-corrected chi connectivity index (χ3v) is 4.24. The van der Waals surface area contributed by atoms with Crippen LogP contribution < -0.4 is 5.32 Å². The minimum atomic E-state index is -0.533. The Hall–Kier alpha value is -1.26. The lowest BCUT2D eigenvalue weighted by molar-refractivity contribution is 0.475. The van der Waals surface area contributed by atoms with Gasteiger partial charge in [0.05, 0.1) is 0 Å². The Morgan fingerprint density at radius 3 is 2.42 bits per heavy atom. The van der Waals surface area contributed by atoms with Gasteiger partial charge in [-0.2, -0.15) is 0 Å². The first-order chi connectivity index (χ1) is 8.97. The molecule has 4 heteroatoms. The highest BCUT2D eigenvalue weighted by Gasteiger charge is 2.20. The van der Waals surface area contributed by atoms with Crippen LogP contribution in [0.5, 0.6) is 0 Å². The normalized spacial score (nSPS) is 11.8. The maximum absolute atomic E-state index is 13.0. The molecule has 0 amide bonds. The molecule has 0 bridgehead atoms. The number of hydrogen-bond acceptors (Lipinski definition) is 2. The average Bonchev–Trinajstić information content (AvgIpc) is 2.81. The van der Waals surface area contributed by atoms with Crippen LogP contribution in [0.4, 0.5) is 8.78 Å². The molecule has 1 nitrogen and oxygen atoms in total. The molecule has 0 unspecified atom stereocenters. The molecule has 1 N–H and O–H groups in total. The van der Waals surface area contributed by atoms with Crippen molar-refractivity contribution >= 4 is 11.3 Å². The Labute approximate surface area is 116 Å². The molecule has 19 heavy (non-hydrogen) atoms. The van der Waals surface area contributed by atoms with Crippen LogP contribution in [-0.4, -0.2) is 6.54 Å². The summed E-state index contributed by atoms with van der Waals surface area (Å²) in [5, 5.41) is 5.31. The van der Waals surface area contributed by atoms with E-state index in [4.69, 9.17) is 0 Å². The zero-order valence-corrected chi connectivity index (χ0v) is 11.9. The van der Waals surface area contributed by atoms with Gasteiger partial charge in [0, 0.05) is 29.4 Å². The molecule has 0 aliphatic rings. The van der Waals surface area contributed by atoms with Gasteiger partial charge >= 0.3 is 0 Å². The van der Waals surface area contributed by atoms with Crippen molar-refractivity contribution in [1.29, 1.82) is 0 Å². The lowest BCUT2D eigenvalue weighted by Crippen LogP contribution is -2.31. The molecule has 2 rings (SSSR count). The standard InChI is InChI=1S/C15H17F2NS/c1-15(2,14-4-3-5-19-14)10-18-9-11-6-12(16)8-13(17)7-11/h3-8,18H,9-10H2,1-2H3. The Morgan fingerprint density at radius 2 is 1.84 bits per heavy atom. The molecule has 0 radical (unpaired) electrons. The topological polar surface area (TPSA) is 12.0 Å². The Balaban J connectivity index is 1.93. The van der Waals surface area contributed by atoms with Crippen molar-refractivity contribution in [2.75, 3.05) is 6.54 Å². The van der Waals surface area contributed by atoms with Crippen molar-refractivity contribution in [3.63, 3.8) is 0 Å². The summed E-state index contributed by atoms with van der Waals surface area (Å²) in [6.07, 6.45) is 0. The first-order valence-corrected chi connectivity index (χ1v) is 7.05. The van der Waals surface area contributed by atoms with Gasteiger partial charge in [-0.05, 0) is 29.1 Å². The number of nitrogens with one attached hydrogen (secondary N) is 1. The van der Waals surface area contributed by atoms with Crippen molar-refractivity contribution in [3.05, 3.63) is 57.8 Å². The fourth-order valence-electron chi connectivity index (χ4n) is 1.98. The average molecular weight is 281 g/mol. The predicted molar refractivity (Wildman–Crippen MR) is 75.4 cm³/mol. The SMILES string of the molecule is CC(C)(CNCc1cc(F)cc(F)c1)c1cccs1. The largest absolute Gasteiger partial charge is 0.312 e. The van der Waals surface area contributed by atoms with Gasteiger partial charge in [-0.3, -0.25) is 0 Å². The van der Waals surface area contributed by atoms with Gasteiger partial charge in [0.25, 0.3) is 0 Å². The van der Waals surface area contributed by atoms with Crippen LogP contribution in [0.15, 0.2) is 35.7 Å². The summed E-state index contributed by atoms with van der Waals surface area (Å²) in [4.78, 5) is 1.30. The second-order valence-electron chi connectivity index (χ2n) is 5.24. The molecule has 1 aromatic carbocycles. The second kappa shape index (κ2) is 5.80. The first kappa shape index (κ1) is 14.2. The number of thiophene rings is 1. The molecule has 0 fully saturated rings. The molecule has 0 atom stereocenters. The van der Waals surface area contributed by atoms with E-state index in [1.165, 1.54) is 17.0 Å². The van der Waals surface area contributed by atoms with Crippen LogP contribution in [0.3, 0.4) is 0 Å². The van der Waals surface area contributed by atoms with E-state index in [2.05, 4.69) is 30.6 Å². The van der Waals surface area contributed by atoms with E-state index in [1.807, 2.05) is 6.07 Å². The van der Waals surface area contributed by atoms with E-state index in [9.17, 15) is 8.78 Å². The number of benzene rings is 1. The zero-order chi connectivity index (χ0) is 13.9. The predicted octanol–water partition coefficient (Wildman–Crippen LogP) is 4.09. The van der Waals surface area contributed by atoms with Gasteiger partial charge in [-0.25, -0.2) is 8.78 Å².